The van der Waals surface area contributed by atoms with Crippen LogP contribution in [0.4, 0.5) is 13.2 Å². The molecule has 0 bridgehead atoms. The lowest BCUT2D eigenvalue weighted by Gasteiger charge is -2.11. The zero-order valence-corrected chi connectivity index (χ0v) is 18.5. The molecule has 0 radical (unpaired) electrons. The summed E-state index contributed by atoms with van der Waals surface area (Å²) in [6.07, 6.45) is 0.720. The highest BCUT2D eigenvalue weighted by molar-refractivity contribution is 7.99. The first kappa shape index (κ1) is 21.0. The highest BCUT2D eigenvalue weighted by Crippen LogP contribution is 2.41. The van der Waals surface area contributed by atoms with E-state index in [-0.39, 0.29) is 5.52 Å². The minimum atomic E-state index is -4.46. The first-order chi connectivity index (χ1) is 15.3. The molecule has 0 amide bonds. The monoisotopic (exact) mass is 454 g/mol. The molecule has 0 saturated heterocycles. The molecule has 3 heterocycles. The molecule has 4 nitrogen and oxygen atoms in total. The van der Waals surface area contributed by atoms with Crippen molar-refractivity contribution in [1.82, 2.24) is 19.5 Å². The average molecular weight is 455 g/mol. The van der Waals surface area contributed by atoms with Gasteiger partial charge in [-0.25, -0.2) is 9.97 Å². The molecule has 3 aromatic heterocycles. The Morgan fingerprint density at radius 3 is 2.44 bits per heavy atom. The predicted octanol–water partition coefficient (Wildman–Crippen LogP) is 6.71. The molecule has 4 aromatic rings. The number of benzene rings is 1. The SMILES string of the molecule is CCSc1cc(-c2ccc(C3CC3)cc2)cnc1-c1nc2cc(C(F)(F)F)cnc2n1C. The van der Waals surface area contributed by atoms with Crippen LogP contribution in [0.1, 0.15) is 36.8 Å². The second-order valence-corrected chi connectivity index (χ2v) is 9.26. The zero-order chi connectivity index (χ0) is 22.5. The number of alkyl halides is 3. The van der Waals surface area contributed by atoms with Gasteiger partial charge in [-0.15, -0.1) is 11.8 Å². The lowest BCUT2D eigenvalue weighted by Crippen LogP contribution is -2.05. The number of halogens is 3. The molecular weight excluding hydrogens is 433 g/mol. The number of fused-ring (bicyclic) bond motifs is 1. The maximum Gasteiger partial charge on any atom is 0.417 e. The first-order valence-electron chi connectivity index (χ1n) is 10.5. The van der Waals surface area contributed by atoms with Crippen LogP contribution in [0.2, 0.25) is 0 Å². The van der Waals surface area contributed by atoms with Crippen LogP contribution in [0.25, 0.3) is 33.8 Å². The number of aryl methyl sites for hydroxylation is 1. The second kappa shape index (κ2) is 7.92. The molecule has 1 aliphatic rings. The lowest BCUT2D eigenvalue weighted by molar-refractivity contribution is -0.137. The van der Waals surface area contributed by atoms with E-state index in [1.807, 2.05) is 0 Å². The van der Waals surface area contributed by atoms with E-state index in [0.717, 1.165) is 34.0 Å². The molecule has 164 valence electrons. The number of thioether (sulfide) groups is 1. The molecule has 32 heavy (non-hydrogen) atoms. The maximum absolute atomic E-state index is 13.1. The van der Waals surface area contributed by atoms with Crippen LogP contribution >= 0.6 is 11.8 Å². The quantitative estimate of drug-likeness (QED) is 0.315. The van der Waals surface area contributed by atoms with Crippen LogP contribution in [0.5, 0.6) is 0 Å². The highest BCUT2D eigenvalue weighted by atomic mass is 32.2. The fourth-order valence-electron chi connectivity index (χ4n) is 3.84. The van der Waals surface area contributed by atoms with E-state index in [2.05, 4.69) is 52.2 Å². The van der Waals surface area contributed by atoms with Gasteiger partial charge in [0.15, 0.2) is 11.5 Å². The van der Waals surface area contributed by atoms with E-state index < -0.39 is 11.7 Å². The van der Waals surface area contributed by atoms with Crippen molar-refractivity contribution in [2.75, 3.05) is 5.75 Å². The van der Waals surface area contributed by atoms with Crippen molar-refractivity contribution in [3.8, 4) is 22.6 Å². The Morgan fingerprint density at radius 1 is 1.03 bits per heavy atom. The van der Waals surface area contributed by atoms with Crippen LogP contribution in [0, 0.1) is 0 Å². The summed E-state index contributed by atoms with van der Waals surface area (Å²) in [5.41, 5.74) is 3.90. The third-order valence-corrected chi connectivity index (χ3v) is 6.60. The van der Waals surface area contributed by atoms with Gasteiger partial charge < -0.3 is 4.57 Å². The summed E-state index contributed by atoms with van der Waals surface area (Å²) >= 11 is 1.63. The van der Waals surface area contributed by atoms with Crippen molar-refractivity contribution in [2.24, 2.45) is 7.05 Å². The van der Waals surface area contributed by atoms with Crippen LogP contribution in [-0.2, 0) is 13.2 Å². The number of pyridine rings is 2. The summed E-state index contributed by atoms with van der Waals surface area (Å²) in [6, 6.07) is 11.7. The molecule has 1 fully saturated rings. The number of hydrogen-bond acceptors (Lipinski definition) is 4. The number of aromatic nitrogens is 4. The molecule has 0 spiro atoms. The van der Waals surface area contributed by atoms with Gasteiger partial charge in [0.25, 0.3) is 0 Å². The summed E-state index contributed by atoms with van der Waals surface area (Å²) in [7, 11) is 1.75. The van der Waals surface area contributed by atoms with Crippen LogP contribution in [0.15, 0.2) is 53.7 Å². The second-order valence-electron chi connectivity index (χ2n) is 7.96. The zero-order valence-electron chi connectivity index (χ0n) is 17.6. The fraction of sp³-hybridized carbons (Fsp3) is 0.292. The molecular formula is C24H21F3N4S. The first-order valence-corrected chi connectivity index (χ1v) is 11.5. The van der Waals surface area contributed by atoms with Gasteiger partial charge in [0.05, 0.1) is 5.56 Å². The number of rotatable bonds is 5. The van der Waals surface area contributed by atoms with Gasteiger partial charge in [0.2, 0.25) is 0 Å². The number of nitrogens with zero attached hydrogens (tertiary/aromatic N) is 4. The molecule has 1 saturated carbocycles. The third-order valence-electron chi connectivity index (χ3n) is 5.69. The Morgan fingerprint density at radius 2 is 1.78 bits per heavy atom. The molecule has 1 aliphatic carbocycles. The highest BCUT2D eigenvalue weighted by Gasteiger charge is 2.32. The largest absolute Gasteiger partial charge is 0.417 e. The summed E-state index contributed by atoms with van der Waals surface area (Å²) in [4.78, 5) is 14.1. The number of hydrogen-bond donors (Lipinski definition) is 0. The summed E-state index contributed by atoms with van der Waals surface area (Å²) in [6.45, 7) is 2.05. The van der Waals surface area contributed by atoms with Gasteiger partial charge in [0.1, 0.15) is 11.2 Å². The van der Waals surface area contributed by atoms with Crippen molar-refractivity contribution < 1.29 is 13.2 Å². The van der Waals surface area contributed by atoms with E-state index in [0.29, 0.717) is 23.1 Å². The van der Waals surface area contributed by atoms with Crippen molar-refractivity contribution in [1.29, 1.82) is 0 Å². The van der Waals surface area contributed by atoms with E-state index in [4.69, 9.17) is 0 Å². The van der Waals surface area contributed by atoms with Crippen LogP contribution in [0.3, 0.4) is 0 Å². The van der Waals surface area contributed by atoms with Crippen molar-refractivity contribution in [2.45, 2.75) is 36.8 Å². The van der Waals surface area contributed by atoms with Gasteiger partial charge >= 0.3 is 6.18 Å². The van der Waals surface area contributed by atoms with Gasteiger partial charge in [0, 0.05) is 29.9 Å². The molecule has 0 unspecified atom stereocenters. The number of imidazole rings is 1. The van der Waals surface area contributed by atoms with Crippen LogP contribution in [-0.4, -0.2) is 25.3 Å². The van der Waals surface area contributed by atoms with E-state index in [1.54, 1.807) is 29.6 Å². The van der Waals surface area contributed by atoms with Crippen molar-refractivity contribution >= 4 is 22.9 Å². The standard InChI is InChI=1S/C24H21F3N4S/c1-3-32-20-10-17(16-8-6-15(7-9-16)14-4-5-14)12-28-21(20)23-30-19-11-18(24(25,26)27)13-29-22(19)31(23)2/h6-14H,3-5H2,1-2H3. The minimum absolute atomic E-state index is 0.200. The Bertz CT molecular complexity index is 1290. The molecule has 1 aromatic carbocycles. The summed E-state index contributed by atoms with van der Waals surface area (Å²) in [5, 5.41) is 0. The molecule has 8 heteroatoms. The Hall–Kier alpha value is -2.87. The Labute approximate surface area is 187 Å². The molecule has 0 atom stereocenters. The Balaban J connectivity index is 1.56. The fourth-order valence-corrected chi connectivity index (χ4v) is 4.65. The topological polar surface area (TPSA) is 43.6 Å². The van der Waals surface area contributed by atoms with E-state index in [1.165, 1.54) is 18.4 Å². The smallest absolute Gasteiger partial charge is 0.310 e. The van der Waals surface area contributed by atoms with Gasteiger partial charge in [-0.3, -0.25) is 4.98 Å². The van der Waals surface area contributed by atoms with Gasteiger partial charge in [-0.05, 0) is 47.8 Å². The molecule has 0 aliphatic heterocycles. The third kappa shape index (κ3) is 3.88. The summed E-state index contributed by atoms with van der Waals surface area (Å²) in [5.74, 6) is 2.04. The molecule has 5 rings (SSSR count). The molecule has 0 N–H and O–H groups in total. The van der Waals surface area contributed by atoms with E-state index >= 15 is 0 Å². The normalized spacial score (nSPS) is 14.3. The van der Waals surface area contributed by atoms with Crippen molar-refractivity contribution in [3.05, 3.63) is 59.9 Å². The van der Waals surface area contributed by atoms with Crippen LogP contribution < -0.4 is 0 Å². The lowest BCUT2D eigenvalue weighted by atomic mass is 10.0. The van der Waals surface area contributed by atoms with Gasteiger partial charge in [-0.1, -0.05) is 31.2 Å². The summed E-state index contributed by atoms with van der Waals surface area (Å²) < 4.78 is 41.0. The van der Waals surface area contributed by atoms with Gasteiger partial charge in [-0.2, -0.15) is 13.2 Å². The minimum Gasteiger partial charge on any atom is -0.310 e. The maximum atomic E-state index is 13.1. The predicted molar refractivity (Wildman–Crippen MR) is 121 cm³/mol. The average Bonchev–Trinajstić information content (AvgIpc) is 3.57. The van der Waals surface area contributed by atoms with Crippen molar-refractivity contribution in [3.63, 3.8) is 0 Å². The Kier molecular flexibility index (Phi) is 5.20. The van der Waals surface area contributed by atoms with E-state index in [9.17, 15) is 13.2 Å².